The van der Waals surface area contributed by atoms with Crippen molar-refractivity contribution in [3.63, 3.8) is 0 Å². The maximum atomic E-state index is 12.4. The summed E-state index contributed by atoms with van der Waals surface area (Å²) >= 11 is 0.650. The second kappa shape index (κ2) is 5.32. The Labute approximate surface area is 111 Å². The van der Waals surface area contributed by atoms with Gasteiger partial charge in [0.2, 0.25) is 11.0 Å². The zero-order chi connectivity index (χ0) is 14.0. The van der Waals surface area contributed by atoms with Gasteiger partial charge in [-0.15, -0.1) is 0 Å². The molecule has 0 saturated heterocycles. The number of carbonyl (C=O) groups is 1. The van der Waals surface area contributed by atoms with E-state index in [0.29, 0.717) is 11.5 Å². The van der Waals surface area contributed by atoms with Crippen LogP contribution in [0.25, 0.3) is 0 Å². The number of rotatable bonds is 5. The Hall–Kier alpha value is -1.38. The minimum Gasteiger partial charge on any atom is -0.465 e. The number of ether oxygens (including phenoxy) is 1. The predicted molar refractivity (Wildman–Crippen MR) is 61.9 cm³/mol. The second-order valence-electron chi connectivity index (χ2n) is 4.06. The van der Waals surface area contributed by atoms with E-state index in [4.69, 9.17) is 4.74 Å². The van der Waals surface area contributed by atoms with Gasteiger partial charge < -0.3 is 9.64 Å². The normalized spacial score (nSPS) is 15.4. The zero-order valence-corrected chi connectivity index (χ0v) is 10.9. The summed E-state index contributed by atoms with van der Waals surface area (Å²) in [6.07, 6.45) is -2.89. The van der Waals surface area contributed by atoms with Crippen molar-refractivity contribution >= 4 is 22.6 Å². The molecule has 0 spiro atoms. The number of hydrogen-bond acceptors (Lipinski definition) is 6. The summed E-state index contributed by atoms with van der Waals surface area (Å²) in [5, 5.41) is 0.114. The molecule has 0 unspecified atom stereocenters. The van der Waals surface area contributed by atoms with Gasteiger partial charge in [-0.25, -0.2) is 0 Å². The van der Waals surface area contributed by atoms with Gasteiger partial charge >= 0.3 is 12.1 Å². The first kappa shape index (κ1) is 14.0. The maximum Gasteiger partial charge on any atom is 0.452 e. The molecule has 0 aliphatic heterocycles. The van der Waals surface area contributed by atoms with Crippen LogP contribution in [0, 0.1) is 0 Å². The summed E-state index contributed by atoms with van der Waals surface area (Å²) in [7, 11) is 0. The van der Waals surface area contributed by atoms with Crippen molar-refractivity contribution in [2.45, 2.75) is 32.0 Å². The minimum atomic E-state index is -4.56. The van der Waals surface area contributed by atoms with E-state index in [9.17, 15) is 18.0 Å². The van der Waals surface area contributed by atoms with Crippen LogP contribution < -0.4 is 4.90 Å². The van der Waals surface area contributed by atoms with Crippen LogP contribution in [0.1, 0.15) is 25.6 Å². The molecule has 1 saturated carbocycles. The van der Waals surface area contributed by atoms with Crippen LogP contribution in [0.2, 0.25) is 0 Å². The molecule has 2 rings (SSSR count). The monoisotopic (exact) mass is 295 g/mol. The van der Waals surface area contributed by atoms with Gasteiger partial charge in [-0.05, 0) is 19.8 Å². The summed E-state index contributed by atoms with van der Waals surface area (Å²) in [5.74, 6) is -1.64. The molecule has 5 nitrogen and oxygen atoms in total. The first-order valence-corrected chi connectivity index (χ1v) is 6.52. The van der Waals surface area contributed by atoms with Crippen molar-refractivity contribution < 1.29 is 22.7 Å². The van der Waals surface area contributed by atoms with E-state index in [2.05, 4.69) is 9.36 Å². The van der Waals surface area contributed by atoms with Gasteiger partial charge in [-0.1, -0.05) is 0 Å². The lowest BCUT2D eigenvalue weighted by molar-refractivity contribution is -0.144. The first-order chi connectivity index (χ1) is 8.91. The molecule has 0 N–H and O–H groups in total. The van der Waals surface area contributed by atoms with Crippen LogP contribution in [-0.4, -0.2) is 34.5 Å². The largest absolute Gasteiger partial charge is 0.465 e. The maximum absolute atomic E-state index is 12.4. The summed E-state index contributed by atoms with van der Waals surface area (Å²) in [6.45, 7) is 1.82. The average Bonchev–Trinajstić information content (AvgIpc) is 3.01. The fourth-order valence-electron chi connectivity index (χ4n) is 1.53. The number of anilines is 1. The Morgan fingerprint density at radius 1 is 1.53 bits per heavy atom. The summed E-state index contributed by atoms with van der Waals surface area (Å²) in [6, 6.07) is 0.0541. The Bertz CT molecular complexity index is 459. The van der Waals surface area contributed by atoms with Crippen molar-refractivity contribution in [2.24, 2.45) is 0 Å². The Morgan fingerprint density at radius 2 is 2.21 bits per heavy atom. The molecule has 0 aromatic carbocycles. The molecule has 19 heavy (non-hydrogen) atoms. The van der Waals surface area contributed by atoms with Crippen molar-refractivity contribution in [2.75, 3.05) is 18.1 Å². The second-order valence-corrected chi connectivity index (χ2v) is 4.79. The number of halogens is 3. The fourth-order valence-corrected chi connectivity index (χ4v) is 2.29. The van der Waals surface area contributed by atoms with Crippen LogP contribution >= 0.6 is 11.5 Å². The third-order valence-corrected chi connectivity index (χ3v) is 3.26. The van der Waals surface area contributed by atoms with Gasteiger partial charge in [0.1, 0.15) is 6.54 Å². The van der Waals surface area contributed by atoms with Crippen molar-refractivity contribution in [1.82, 2.24) is 9.36 Å². The number of aromatic nitrogens is 2. The van der Waals surface area contributed by atoms with Gasteiger partial charge in [0.05, 0.1) is 6.61 Å². The van der Waals surface area contributed by atoms with Gasteiger partial charge in [0.25, 0.3) is 0 Å². The highest BCUT2D eigenvalue weighted by atomic mass is 32.1. The van der Waals surface area contributed by atoms with Crippen molar-refractivity contribution in [3.8, 4) is 0 Å². The van der Waals surface area contributed by atoms with E-state index in [-0.39, 0.29) is 24.3 Å². The van der Waals surface area contributed by atoms with Crippen LogP contribution in [0.5, 0.6) is 0 Å². The predicted octanol–water partition coefficient (Wildman–Crippen LogP) is 2.09. The molecule has 0 atom stereocenters. The highest BCUT2D eigenvalue weighted by Gasteiger charge is 2.39. The van der Waals surface area contributed by atoms with Crippen molar-refractivity contribution in [1.29, 1.82) is 0 Å². The van der Waals surface area contributed by atoms with Crippen LogP contribution in [0.3, 0.4) is 0 Å². The molecular weight excluding hydrogens is 283 g/mol. The third kappa shape index (κ3) is 3.55. The van der Waals surface area contributed by atoms with Crippen LogP contribution in [-0.2, 0) is 15.7 Å². The highest BCUT2D eigenvalue weighted by molar-refractivity contribution is 7.09. The molecule has 0 radical (unpaired) electrons. The minimum absolute atomic E-state index is 0.0541. The van der Waals surface area contributed by atoms with E-state index in [0.717, 1.165) is 12.8 Å². The molecule has 1 aliphatic carbocycles. The highest BCUT2D eigenvalue weighted by Crippen LogP contribution is 2.35. The Morgan fingerprint density at radius 3 is 2.68 bits per heavy atom. The number of esters is 1. The summed E-state index contributed by atoms with van der Waals surface area (Å²) in [5.41, 5.74) is 0. The average molecular weight is 295 g/mol. The molecule has 1 fully saturated rings. The third-order valence-electron chi connectivity index (χ3n) is 2.51. The molecule has 1 aromatic heterocycles. The summed E-state index contributed by atoms with van der Waals surface area (Å²) < 4.78 is 45.4. The topological polar surface area (TPSA) is 55.3 Å². The Balaban J connectivity index is 2.11. The van der Waals surface area contributed by atoms with Gasteiger partial charge in [-0.3, -0.25) is 4.79 Å². The lowest BCUT2D eigenvalue weighted by atomic mass is 10.5. The fraction of sp³-hybridized carbons (Fsp3) is 0.700. The Kier molecular flexibility index (Phi) is 3.93. The van der Waals surface area contributed by atoms with E-state index in [1.54, 1.807) is 6.92 Å². The van der Waals surface area contributed by atoms with Crippen molar-refractivity contribution in [3.05, 3.63) is 5.82 Å². The number of hydrogen-bond donors (Lipinski definition) is 0. The summed E-state index contributed by atoms with van der Waals surface area (Å²) in [4.78, 5) is 16.4. The number of alkyl halides is 3. The van der Waals surface area contributed by atoms with Gasteiger partial charge in [-0.2, -0.15) is 22.5 Å². The quantitative estimate of drug-likeness (QED) is 0.779. The zero-order valence-electron chi connectivity index (χ0n) is 10.1. The van der Waals surface area contributed by atoms with E-state index >= 15 is 0 Å². The van der Waals surface area contributed by atoms with E-state index in [1.807, 2.05) is 0 Å². The molecule has 9 heteroatoms. The smallest absolute Gasteiger partial charge is 0.452 e. The van der Waals surface area contributed by atoms with Crippen LogP contribution in [0.15, 0.2) is 0 Å². The van der Waals surface area contributed by atoms with Gasteiger partial charge in [0, 0.05) is 17.6 Å². The lowest BCUT2D eigenvalue weighted by Gasteiger charge is -2.19. The molecule has 0 amide bonds. The SMILES string of the molecule is CCOC(=O)CN(c1nc(C(F)(F)F)ns1)C1CC1. The molecule has 106 valence electrons. The first-order valence-electron chi connectivity index (χ1n) is 5.75. The van der Waals surface area contributed by atoms with Gasteiger partial charge in [0.15, 0.2) is 0 Å². The standard InChI is InChI=1S/C10H12F3N3O2S/c1-2-18-7(17)5-16(6-3-4-6)9-14-8(15-19-9)10(11,12)13/h6H,2-5H2,1H3. The van der Waals surface area contributed by atoms with Crippen LogP contribution in [0.4, 0.5) is 18.3 Å². The van der Waals surface area contributed by atoms with E-state index in [1.165, 1.54) is 4.90 Å². The molecule has 0 bridgehead atoms. The molecule has 1 heterocycles. The number of carbonyl (C=O) groups excluding carboxylic acids is 1. The van der Waals surface area contributed by atoms with E-state index < -0.39 is 18.0 Å². The number of nitrogens with zero attached hydrogens (tertiary/aromatic N) is 3. The molecule has 1 aromatic rings. The molecular formula is C10H12F3N3O2S. The lowest BCUT2D eigenvalue weighted by Crippen LogP contribution is -2.33. The molecule has 1 aliphatic rings.